The van der Waals surface area contributed by atoms with Crippen LogP contribution in [-0.4, -0.2) is 15.3 Å². The molecular weight excluding hydrogens is 271 g/mol. The van der Waals surface area contributed by atoms with Crippen molar-refractivity contribution in [1.29, 1.82) is 0 Å². The van der Waals surface area contributed by atoms with Gasteiger partial charge in [0, 0.05) is 28.9 Å². The molecule has 0 radical (unpaired) electrons. The van der Waals surface area contributed by atoms with Gasteiger partial charge in [-0.15, -0.1) is 0 Å². The van der Waals surface area contributed by atoms with Gasteiger partial charge in [-0.1, -0.05) is 23.2 Å². The van der Waals surface area contributed by atoms with Crippen LogP contribution in [0, 0.1) is 0 Å². The Morgan fingerprint density at radius 3 is 2.56 bits per heavy atom. The highest BCUT2D eigenvalue weighted by Gasteiger charge is 2.05. The van der Waals surface area contributed by atoms with Gasteiger partial charge < -0.3 is 4.57 Å². The van der Waals surface area contributed by atoms with Crippen LogP contribution in [-0.2, 0) is 17.8 Å². The second kappa shape index (κ2) is 6.03. The Bertz CT molecular complexity index is 518. The fraction of sp³-hybridized carbons (Fsp3) is 0.231. The Balaban J connectivity index is 1.89. The van der Waals surface area contributed by atoms with Crippen LogP contribution in [0.15, 0.2) is 36.9 Å². The number of hydrogen-bond donors (Lipinski definition) is 0. The van der Waals surface area contributed by atoms with Gasteiger partial charge >= 0.3 is 0 Å². The molecule has 0 unspecified atom stereocenters. The Labute approximate surface area is 115 Å². The summed E-state index contributed by atoms with van der Waals surface area (Å²) in [5.74, 6) is 0.157. The van der Waals surface area contributed by atoms with Crippen LogP contribution < -0.4 is 0 Å². The van der Waals surface area contributed by atoms with Crippen LogP contribution in [0.5, 0.6) is 0 Å². The average Bonchev–Trinajstić information content (AvgIpc) is 2.78. The SMILES string of the molecule is O=C(CCc1cc(Cl)cc(Cl)c1)Cn1ccnc1. The van der Waals surface area contributed by atoms with Crippen LogP contribution >= 0.6 is 23.2 Å². The van der Waals surface area contributed by atoms with Gasteiger partial charge in [-0.25, -0.2) is 4.98 Å². The Morgan fingerprint density at radius 2 is 1.94 bits per heavy atom. The highest BCUT2D eigenvalue weighted by atomic mass is 35.5. The lowest BCUT2D eigenvalue weighted by Crippen LogP contribution is -2.09. The quantitative estimate of drug-likeness (QED) is 0.843. The van der Waals surface area contributed by atoms with Gasteiger partial charge in [0.25, 0.3) is 0 Å². The van der Waals surface area contributed by atoms with Gasteiger partial charge in [0.05, 0.1) is 12.9 Å². The summed E-state index contributed by atoms with van der Waals surface area (Å²) in [7, 11) is 0. The second-order valence-corrected chi connectivity index (χ2v) is 4.92. The number of rotatable bonds is 5. The van der Waals surface area contributed by atoms with Crippen molar-refractivity contribution in [3.05, 3.63) is 52.5 Å². The Hall–Kier alpha value is -1.32. The van der Waals surface area contributed by atoms with Gasteiger partial charge in [-0.2, -0.15) is 0 Å². The Kier molecular flexibility index (Phi) is 4.39. The molecule has 1 aromatic carbocycles. The summed E-state index contributed by atoms with van der Waals surface area (Å²) in [5, 5.41) is 1.19. The minimum Gasteiger partial charge on any atom is -0.330 e. The van der Waals surface area contributed by atoms with Crippen molar-refractivity contribution in [2.45, 2.75) is 19.4 Å². The molecule has 3 nitrogen and oxygen atoms in total. The first-order chi connectivity index (χ1) is 8.63. The molecule has 18 heavy (non-hydrogen) atoms. The molecule has 1 heterocycles. The van der Waals surface area contributed by atoms with Gasteiger partial charge in [-0.05, 0) is 30.2 Å². The monoisotopic (exact) mass is 282 g/mol. The summed E-state index contributed by atoms with van der Waals surface area (Å²) in [4.78, 5) is 15.6. The summed E-state index contributed by atoms with van der Waals surface area (Å²) in [6, 6.07) is 5.34. The standard InChI is InChI=1S/C13H12Cl2N2O/c14-11-5-10(6-12(15)7-11)1-2-13(18)8-17-4-3-16-9-17/h3-7,9H,1-2,8H2. The first-order valence-electron chi connectivity index (χ1n) is 5.56. The van der Waals surface area contributed by atoms with Crippen LogP contribution in [0.2, 0.25) is 10.0 Å². The summed E-state index contributed by atoms with van der Waals surface area (Å²) in [5.41, 5.74) is 0.978. The van der Waals surface area contributed by atoms with Crippen molar-refractivity contribution in [1.82, 2.24) is 9.55 Å². The molecule has 2 aromatic rings. The van der Waals surface area contributed by atoms with Crippen molar-refractivity contribution < 1.29 is 4.79 Å². The number of ketones is 1. The average molecular weight is 283 g/mol. The molecule has 2 rings (SSSR count). The Morgan fingerprint density at radius 1 is 1.22 bits per heavy atom. The fourth-order valence-corrected chi connectivity index (χ4v) is 2.27. The molecule has 0 fully saturated rings. The summed E-state index contributed by atoms with van der Waals surface area (Å²) in [6.07, 6.45) is 6.18. The maximum atomic E-state index is 11.7. The second-order valence-electron chi connectivity index (χ2n) is 4.05. The number of carbonyl (C=O) groups excluding carboxylic acids is 1. The maximum Gasteiger partial charge on any atom is 0.152 e. The predicted molar refractivity (Wildman–Crippen MR) is 72.0 cm³/mol. The van der Waals surface area contributed by atoms with E-state index >= 15 is 0 Å². The lowest BCUT2D eigenvalue weighted by Gasteiger charge is -2.04. The highest BCUT2D eigenvalue weighted by Crippen LogP contribution is 2.20. The number of Topliss-reactive ketones (excluding diaryl/α,β-unsaturated/α-hetero) is 1. The lowest BCUT2D eigenvalue weighted by atomic mass is 10.1. The number of halogens is 2. The third kappa shape index (κ3) is 3.86. The summed E-state index contributed by atoms with van der Waals surface area (Å²) >= 11 is 11.8. The molecule has 5 heteroatoms. The summed E-state index contributed by atoms with van der Waals surface area (Å²) < 4.78 is 1.76. The third-order valence-corrected chi connectivity index (χ3v) is 2.97. The topological polar surface area (TPSA) is 34.9 Å². The lowest BCUT2D eigenvalue weighted by molar-refractivity contribution is -0.119. The molecular formula is C13H12Cl2N2O. The van der Waals surface area contributed by atoms with E-state index in [2.05, 4.69) is 4.98 Å². The summed E-state index contributed by atoms with van der Waals surface area (Å²) in [6.45, 7) is 0.355. The minimum atomic E-state index is 0.157. The molecule has 0 amide bonds. The van der Waals surface area contributed by atoms with Crippen molar-refractivity contribution in [3.8, 4) is 0 Å². The maximum absolute atomic E-state index is 11.7. The van der Waals surface area contributed by atoms with Crippen LogP contribution in [0.4, 0.5) is 0 Å². The molecule has 0 aliphatic heterocycles. The van der Waals surface area contributed by atoms with E-state index in [1.54, 1.807) is 29.4 Å². The fourth-order valence-electron chi connectivity index (χ4n) is 1.70. The molecule has 1 aromatic heterocycles. The van der Waals surface area contributed by atoms with E-state index in [1.807, 2.05) is 12.1 Å². The molecule has 0 spiro atoms. The number of benzene rings is 1. The van der Waals surface area contributed by atoms with E-state index in [4.69, 9.17) is 23.2 Å². The van der Waals surface area contributed by atoms with E-state index < -0.39 is 0 Å². The van der Waals surface area contributed by atoms with Gasteiger partial charge in [0.1, 0.15) is 0 Å². The zero-order valence-corrected chi connectivity index (χ0v) is 11.2. The molecule has 0 N–H and O–H groups in total. The molecule has 0 atom stereocenters. The van der Waals surface area contributed by atoms with E-state index in [9.17, 15) is 4.79 Å². The number of carbonyl (C=O) groups is 1. The third-order valence-electron chi connectivity index (χ3n) is 2.53. The smallest absolute Gasteiger partial charge is 0.152 e. The van der Waals surface area contributed by atoms with E-state index in [0.717, 1.165) is 5.56 Å². The largest absolute Gasteiger partial charge is 0.330 e. The molecule has 94 valence electrons. The van der Waals surface area contributed by atoms with Crippen LogP contribution in [0.3, 0.4) is 0 Å². The predicted octanol–water partition coefficient (Wildman–Crippen LogP) is 3.39. The molecule has 0 aliphatic rings. The first kappa shape index (κ1) is 13.1. The van der Waals surface area contributed by atoms with Crippen molar-refractivity contribution in [2.24, 2.45) is 0 Å². The van der Waals surface area contributed by atoms with Gasteiger partial charge in [0.2, 0.25) is 0 Å². The molecule has 0 saturated heterocycles. The number of aryl methyl sites for hydroxylation is 1. The molecule has 0 saturated carbocycles. The zero-order chi connectivity index (χ0) is 13.0. The highest BCUT2D eigenvalue weighted by molar-refractivity contribution is 6.34. The first-order valence-corrected chi connectivity index (χ1v) is 6.31. The number of imidazole rings is 1. The van der Waals surface area contributed by atoms with Crippen LogP contribution in [0.1, 0.15) is 12.0 Å². The van der Waals surface area contributed by atoms with Gasteiger partial charge in [-0.3, -0.25) is 4.79 Å². The van der Waals surface area contributed by atoms with E-state index in [-0.39, 0.29) is 5.78 Å². The van der Waals surface area contributed by atoms with Gasteiger partial charge in [0.15, 0.2) is 5.78 Å². The minimum absolute atomic E-state index is 0.157. The normalized spacial score (nSPS) is 10.6. The molecule has 0 aliphatic carbocycles. The van der Waals surface area contributed by atoms with E-state index in [1.165, 1.54) is 0 Å². The van der Waals surface area contributed by atoms with Crippen molar-refractivity contribution in [2.75, 3.05) is 0 Å². The van der Waals surface area contributed by atoms with Crippen molar-refractivity contribution >= 4 is 29.0 Å². The number of nitrogens with zero attached hydrogens (tertiary/aromatic N) is 2. The number of hydrogen-bond acceptors (Lipinski definition) is 2. The zero-order valence-electron chi connectivity index (χ0n) is 9.64. The van der Waals surface area contributed by atoms with Crippen molar-refractivity contribution in [3.63, 3.8) is 0 Å². The van der Waals surface area contributed by atoms with Crippen LogP contribution in [0.25, 0.3) is 0 Å². The van der Waals surface area contributed by atoms with E-state index in [0.29, 0.717) is 29.4 Å². The molecule has 0 bridgehead atoms. The number of aromatic nitrogens is 2.